The SMILES string of the molecule is COC(=O)C(C)(C)[C@@H](N)c1ccc2c(c1)OCO2. The van der Waals surface area contributed by atoms with Gasteiger partial charge in [-0.3, -0.25) is 4.79 Å². The summed E-state index contributed by atoms with van der Waals surface area (Å²) in [5.41, 5.74) is 6.16. The van der Waals surface area contributed by atoms with Crippen LogP contribution in [0.1, 0.15) is 25.5 Å². The first-order valence-corrected chi connectivity index (χ1v) is 5.70. The highest BCUT2D eigenvalue weighted by Crippen LogP contribution is 2.38. The van der Waals surface area contributed by atoms with Gasteiger partial charge in [-0.25, -0.2) is 0 Å². The Morgan fingerprint density at radius 2 is 2.06 bits per heavy atom. The van der Waals surface area contributed by atoms with Crippen LogP contribution in [0.5, 0.6) is 11.5 Å². The molecule has 1 aromatic carbocycles. The van der Waals surface area contributed by atoms with Gasteiger partial charge in [0.05, 0.1) is 12.5 Å². The first-order valence-electron chi connectivity index (χ1n) is 5.70. The standard InChI is InChI=1S/C13H17NO4/c1-13(2,12(15)16-3)11(14)8-4-5-9-10(6-8)18-7-17-9/h4-6,11H,7,14H2,1-3H3/t11-/m0/s1. The van der Waals surface area contributed by atoms with Crippen molar-refractivity contribution >= 4 is 5.97 Å². The van der Waals surface area contributed by atoms with Crippen molar-refractivity contribution in [1.29, 1.82) is 0 Å². The van der Waals surface area contributed by atoms with Crippen LogP contribution in [-0.2, 0) is 9.53 Å². The molecule has 1 aliphatic heterocycles. The molecule has 0 saturated carbocycles. The van der Waals surface area contributed by atoms with Gasteiger partial charge in [-0.05, 0) is 31.5 Å². The molecule has 0 fully saturated rings. The zero-order valence-electron chi connectivity index (χ0n) is 10.7. The van der Waals surface area contributed by atoms with Crippen LogP contribution in [-0.4, -0.2) is 19.9 Å². The highest BCUT2D eigenvalue weighted by molar-refractivity contribution is 5.77. The van der Waals surface area contributed by atoms with E-state index in [1.165, 1.54) is 7.11 Å². The summed E-state index contributed by atoms with van der Waals surface area (Å²) in [6.07, 6.45) is 0. The number of benzene rings is 1. The first kappa shape index (κ1) is 12.7. The van der Waals surface area contributed by atoms with Crippen molar-refractivity contribution in [2.24, 2.45) is 11.1 Å². The molecule has 0 bridgehead atoms. The van der Waals surface area contributed by atoms with Gasteiger partial charge in [-0.2, -0.15) is 0 Å². The number of carbonyl (C=O) groups excluding carboxylic acids is 1. The van der Waals surface area contributed by atoms with Crippen molar-refractivity contribution in [2.45, 2.75) is 19.9 Å². The van der Waals surface area contributed by atoms with E-state index in [2.05, 4.69) is 0 Å². The van der Waals surface area contributed by atoms with E-state index in [-0.39, 0.29) is 12.8 Å². The fraction of sp³-hybridized carbons (Fsp3) is 0.462. The van der Waals surface area contributed by atoms with Crippen LogP contribution in [0.25, 0.3) is 0 Å². The van der Waals surface area contributed by atoms with Crippen molar-refractivity contribution in [3.05, 3.63) is 23.8 Å². The maximum Gasteiger partial charge on any atom is 0.313 e. The smallest absolute Gasteiger partial charge is 0.313 e. The van der Waals surface area contributed by atoms with Gasteiger partial charge in [-0.15, -0.1) is 0 Å². The molecule has 1 aliphatic rings. The molecule has 5 heteroatoms. The Morgan fingerprint density at radius 3 is 2.72 bits per heavy atom. The fourth-order valence-electron chi connectivity index (χ4n) is 1.91. The molecule has 0 aromatic heterocycles. The van der Waals surface area contributed by atoms with Crippen LogP contribution in [0.15, 0.2) is 18.2 Å². The van der Waals surface area contributed by atoms with Gasteiger partial charge in [-0.1, -0.05) is 6.07 Å². The lowest BCUT2D eigenvalue weighted by Crippen LogP contribution is -2.37. The molecule has 98 valence electrons. The van der Waals surface area contributed by atoms with E-state index in [1.807, 2.05) is 6.07 Å². The summed E-state index contributed by atoms with van der Waals surface area (Å²) in [5, 5.41) is 0. The van der Waals surface area contributed by atoms with Crippen LogP contribution in [0, 0.1) is 5.41 Å². The molecular formula is C13H17NO4. The van der Waals surface area contributed by atoms with E-state index < -0.39 is 11.5 Å². The molecule has 1 atom stereocenters. The zero-order chi connectivity index (χ0) is 13.3. The second-order valence-corrected chi connectivity index (χ2v) is 4.80. The average molecular weight is 251 g/mol. The third-order valence-corrected chi connectivity index (χ3v) is 3.24. The average Bonchev–Trinajstić information content (AvgIpc) is 2.83. The normalized spacial score (nSPS) is 15.3. The molecule has 0 saturated heterocycles. The largest absolute Gasteiger partial charge is 0.469 e. The predicted octanol–water partition coefficient (Wildman–Crippen LogP) is 1.61. The monoisotopic (exact) mass is 251 g/mol. The van der Waals surface area contributed by atoms with Crippen molar-refractivity contribution in [1.82, 2.24) is 0 Å². The van der Waals surface area contributed by atoms with E-state index in [1.54, 1.807) is 26.0 Å². The number of ether oxygens (including phenoxy) is 3. The second-order valence-electron chi connectivity index (χ2n) is 4.80. The Labute approximate surface area is 106 Å². The number of carbonyl (C=O) groups is 1. The Hall–Kier alpha value is -1.75. The van der Waals surface area contributed by atoms with E-state index >= 15 is 0 Å². The van der Waals surface area contributed by atoms with Crippen molar-refractivity contribution in [3.8, 4) is 11.5 Å². The number of hydrogen-bond acceptors (Lipinski definition) is 5. The topological polar surface area (TPSA) is 70.8 Å². The van der Waals surface area contributed by atoms with Crippen molar-refractivity contribution < 1.29 is 19.0 Å². The minimum Gasteiger partial charge on any atom is -0.469 e. The van der Waals surface area contributed by atoms with Crippen molar-refractivity contribution in [3.63, 3.8) is 0 Å². The fourth-order valence-corrected chi connectivity index (χ4v) is 1.91. The van der Waals surface area contributed by atoms with Crippen LogP contribution >= 0.6 is 0 Å². The van der Waals surface area contributed by atoms with Crippen LogP contribution < -0.4 is 15.2 Å². The predicted molar refractivity (Wildman–Crippen MR) is 65.3 cm³/mol. The highest BCUT2D eigenvalue weighted by Gasteiger charge is 2.37. The van der Waals surface area contributed by atoms with Gasteiger partial charge in [0.15, 0.2) is 11.5 Å². The minimum absolute atomic E-state index is 0.217. The molecule has 0 amide bonds. The van der Waals surface area contributed by atoms with Gasteiger partial charge >= 0.3 is 5.97 Å². The van der Waals surface area contributed by atoms with Gasteiger partial charge in [0.25, 0.3) is 0 Å². The Bertz CT molecular complexity index is 470. The summed E-state index contributed by atoms with van der Waals surface area (Å²) >= 11 is 0. The molecule has 5 nitrogen and oxygen atoms in total. The summed E-state index contributed by atoms with van der Waals surface area (Å²) in [6, 6.07) is 4.96. The summed E-state index contributed by atoms with van der Waals surface area (Å²) in [5.74, 6) is 1.01. The lowest BCUT2D eigenvalue weighted by Gasteiger charge is -2.28. The molecule has 1 aromatic rings. The lowest BCUT2D eigenvalue weighted by atomic mass is 9.81. The maximum absolute atomic E-state index is 11.7. The van der Waals surface area contributed by atoms with E-state index in [0.29, 0.717) is 11.5 Å². The first-order chi connectivity index (χ1) is 8.46. The Morgan fingerprint density at radius 1 is 1.39 bits per heavy atom. The molecule has 18 heavy (non-hydrogen) atoms. The summed E-state index contributed by atoms with van der Waals surface area (Å²) in [6.45, 7) is 3.73. The highest BCUT2D eigenvalue weighted by atomic mass is 16.7. The van der Waals surface area contributed by atoms with E-state index in [9.17, 15) is 4.79 Å². The summed E-state index contributed by atoms with van der Waals surface area (Å²) in [4.78, 5) is 11.7. The minimum atomic E-state index is -0.803. The zero-order valence-corrected chi connectivity index (χ0v) is 10.7. The van der Waals surface area contributed by atoms with Gasteiger partial charge < -0.3 is 19.9 Å². The van der Waals surface area contributed by atoms with Gasteiger partial charge in [0.2, 0.25) is 6.79 Å². The number of nitrogens with two attached hydrogens (primary N) is 1. The quantitative estimate of drug-likeness (QED) is 0.826. The van der Waals surface area contributed by atoms with Crippen LogP contribution in [0.3, 0.4) is 0 Å². The summed E-state index contributed by atoms with van der Waals surface area (Å²) < 4.78 is 15.3. The Kier molecular flexibility index (Phi) is 3.17. The van der Waals surface area contributed by atoms with Crippen molar-refractivity contribution in [2.75, 3.05) is 13.9 Å². The summed E-state index contributed by atoms with van der Waals surface area (Å²) in [7, 11) is 1.36. The maximum atomic E-state index is 11.7. The molecule has 1 heterocycles. The molecule has 0 unspecified atom stereocenters. The van der Waals surface area contributed by atoms with Crippen LogP contribution in [0.4, 0.5) is 0 Å². The Balaban J connectivity index is 2.28. The molecule has 0 radical (unpaired) electrons. The number of methoxy groups -OCH3 is 1. The lowest BCUT2D eigenvalue weighted by molar-refractivity contribution is -0.152. The second kappa shape index (κ2) is 4.49. The molecule has 0 aliphatic carbocycles. The van der Waals surface area contributed by atoms with E-state index in [4.69, 9.17) is 19.9 Å². The number of rotatable bonds is 3. The number of esters is 1. The molecule has 2 rings (SSSR count). The molecular weight excluding hydrogens is 234 g/mol. The van der Waals surface area contributed by atoms with Gasteiger partial charge in [0, 0.05) is 6.04 Å². The van der Waals surface area contributed by atoms with E-state index in [0.717, 1.165) is 5.56 Å². The molecule has 2 N–H and O–H groups in total. The number of hydrogen-bond donors (Lipinski definition) is 1. The number of fused-ring (bicyclic) bond motifs is 1. The third-order valence-electron chi connectivity index (χ3n) is 3.24. The third kappa shape index (κ3) is 2.01. The van der Waals surface area contributed by atoms with Gasteiger partial charge in [0.1, 0.15) is 0 Å². The van der Waals surface area contributed by atoms with Crippen LogP contribution in [0.2, 0.25) is 0 Å². The molecule has 0 spiro atoms.